The topological polar surface area (TPSA) is 227 Å². The number of phenols is 1. The maximum absolute atomic E-state index is 14.6. The number of fused-ring (bicyclic) bond motifs is 3. The Bertz CT molecular complexity index is 1880. The first-order valence-corrected chi connectivity index (χ1v) is 23.6. The Labute approximate surface area is 377 Å². The fraction of sp³-hybridized carbons (Fsp3) is 0.702. The molecule has 4 heterocycles. The number of nitrogens with one attached hydrogen (secondary N) is 5. The molecule has 0 spiro atoms. The van der Waals surface area contributed by atoms with Crippen molar-refractivity contribution in [2.45, 2.75) is 168 Å². The fourth-order valence-electron chi connectivity index (χ4n) is 9.38. The molecular weight excluding hydrogens is 821 g/mol. The van der Waals surface area contributed by atoms with Crippen LogP contribution in [0.3, 0.4) is 0 Å². The van der Waals surface area contributed by atoms with Crippen LogP contribution < -0.4 is 26.6 Å². The number of nitrogens with zero attached hydrogens (tertiary/aromatic N) is 3. The molecule has 0 aromatic heterocycles. The summed E-state index contributed by atoms with van der Waals surface area (Å²) in [4.78, 5) is 120. The summed E-state index contributed by atoms with van der Waals surface area (Å²) in [6.07, 6.45) is 4.10. The minimum Gasteiger partial charge on any atom is -0.508 e. The normalized spacial score (nSPS) is 29.7. The molecule has 0 bridgehead atoms. The first-order valence-electron chi connectivity index (χ1n) is 23.6. The van der Waals surface area contributed by atoms with Crippen LogP contribution in [-0.4, -0.2) is 135 Å². The van der Waals surface area contributed by atoms with Crippen LogP contribution in [0.5, 0.6) is 5.75 Å². The number of carbonyl (C=O) groups is 8. The van der Waals surface area contributed by atoms with Crippen LogP contribution in [0.2, 0.25) is 0 Å². The molecule has 11 unspecified atom stereocenters. The van der Waals surface area contributed by atoms with Crippen LogP contribution in [0, 0.1) is 23.7 Å². The SMILES string of the molecule is CCC(C)C1NC(=O)C(C(C)CC)NC(=O)C2CCCN2C(=O)C(C(C)C)NC(=O)C(Cc2ccc(O)cc2)NC(=O)C2CCCN2C(=O)C2CCCN2C(=O)C(C(C)CC)NC1=O. The summed E-state index contributed by atoms with van der Waals surface area (Å²) in [5.74, 6) is -5.66. The molecule has 4 aliphatic heterocycles. The molecule has 64 heavy (non-hydrogen) atoms. The molecule has 354 valence electrons. The van der Waals surface area contributed by atoms with E-state index in [1.54, 1.807) is 26.0 Å². The lowest BCUT2D eigenvalue weighted by atomic mass is 9.93. The van der Waals surface area contributed by atoms with Crippen molar-refractivity contribution < 1.29 is 43.5 Å². The summed E-state index contributed by atoms with van der Waals surface area (Å²) in [5, 5.41) is 24.5. The first-order chi connectivity index (χ1) is 30.4. The van der Waals surface area contributed by atoms with Gasteiger partial charge in [0.15, 0.2) is 0 Å². The second-order valence-electron chi connectivity index (χ2n) is 18.8. The maximum atomic E-state index is 14.6. The van der Waals surface area contributed by atoms with Crippen molar-refractivity contribution in [1.29, 1.82) is 0 Å². The van der Waals surface area contributed by atoms with E-state index in [1.807, 2.05) is 41.5 Å². The third-order valence-corrected chi connectivity index (χ3v) is 14.1. The summed E-state index contributed by atoms with van der Waals surface area (Å²) in [5.41, 5.74) is 0.618. The maximum Gasteiger partial charge on any atom is 0.246 e. The summed E-state index contributed by atoms with van der Waals surface area (Å²) >= 11 is 0. The van der Waals surface area contributed by atoms with Gasteiger partial charge in [-0.3, -0.25) is 38.4 Å². The number of hydrogen-bond acceptors (Lipinski definition) is 9. The molecule has 6 N–H and O–H groups in total. The molecule has 11 atom stereocenters. The molecule has 4 fully saturated rings. The highest BCUT2D eigenvalue weighted by atomic mass is 16.3. The van der Waals surface area contributed by atoms with Gasteiger partial charge in [0.25, 0.3) is 0 Å². The zero-order chi connectivity index (χ0) is 47.0. The highest BCUT2D eigenvalue weighted by molar-refractivity contribution is 5.99. The number of hydrogen-bond donors (Lipinski definition) is 6. The Morgan fingerprint density at radius 1 is 0.500 bits per heavy atom. The van der Waals surface area contributed by atoms with Gasteiger partial charge in [0.05, 0.1) is 0 Å². The lowest BCUT2D eigenvalue weighted by Crippen LogP contribution is -2.63. The fourth-order valence-corrected chi connectivity index (χ4v) is 9.38. The minimum atomic E-state index is -1.20. The smallest absolute Gasteiger partial charge is 0.246 e. The molecule has 8 amide bonds. The van der Waals surface area contributed by atoms with Gasteiger partial charge < -0.3 is 46.4 Å². The first kappa shape index (κ1) is 49.8. The monoisotopic (exact) mass is 893 g/mol. The summed E-state index contributed by atoms with van der Waals surface area (Å²) in [6.45, 7) is 15.5. The predicted molar refractivity (Wildman–Crippen MR) is 239 cm³/mol. The lowest BCUT2D eigenvalue weighted by Gasteiger charge is -2.36. The molecular formula is C47H72N8O9. The third kappa shape index (κ3) is 11.3. The second kappa shape index (κ2) is 22.1. The van der Waals surface area contributed by atoms with E-state index in [0.717, 1.165) is 0 Å². The highest BCUT2D eigenvalue weighted by Crippen LogP contribution is 2.28. The molecule has 4 saturated heterocycles. The molecule has 0 aliphatic carbocycles. The van der Waals surface area contributed by atoms with Crippen molar-refractivity contribution >= 4 is 47.3 Å². The van der Waals surface area contributed by atoms with Crippen LogP contribution in [0.1, 0.15) is 119 Å². The van der Waals surface area contributed by atoms with Crippen molar-refractivity contribution in [3.63, 3.8) is 0 Å². The van der Waals surface area contributed by atoms with Crippen molar-refractivity contribution in [2.75, 3.05) is 19.6 Å². The van der Waals surface area contributed by atoms with E-state index in [1.165, 1.54) is 26.8 Å². The van der Waals surface area contributed by atoms with E-state index >= 15 is 0 Å². The second-order valence-corrected chi connectivity index (χ2v) is 18.8. The molecule has 1 aromatic rings. The van der Waals surface area contributed by atoms with E-state index < -0.39 is 95.6 Å². The van der Waals surface area contributed by atoms with Crippen molar-refractivity contribution in [1.82, 2.24) is 41.3 Å². The standard InChI is InChI=1S/C47H72N8O9/c1-9-27(6)37-43(60)51-38(28(7)10-2)44(61)52-39(29(8)11-3)47(64)55-24-14-17-35(55)45(62)53-22-12-15-33(53)41(58)48-32(25-30-18-20-31(56)21-19-30)40(57)49-36(26(4)5)46(63)54-23-13-16-34(54)42(59)50-37/h18-21,26-29,32-39,56H,9-17,22-25H2,1-8H3,(H,48,58)(H,49,57)(H,50,59)(H,51,60)(H,52,61). The van der Waals surface area contributed by atoms with Crippen LogP contribution in [-0.2, 0) is 44.8 Å². The minimum absolute atomic E-state index is 0.00312. The Hall–Kier alpha value is -5.22. The van der Waals surface area contributed by atoms with E-state index in [2.05, 4.69) is 26.6 Å². The van der Waals surface area contributed by atoms with Crippen LogP contribution >= 0.6 is 0 Å². The molecule has 17 heteroatoms. The van der Waals surface area contributed by atoms with Gasteiger partial charge in [-0.05, 0) is 79.9 Å². The number of phenolic OH excluding ortho intramolecular Hbond substituents is 1. The van der Waals surface area contributed by atoms with E-state index in [-0.39, 0.29) is 55.5 Å². The van der Waals surface area contributed by atoms with Crippen molar-refractivity contribution in [3.05, 3.63) is 29.8 Å². The highest BCUT2D eigenvalue weighted by Gasteiger charge is 2.46. The van der Waals surface area contributed by atoms with Crippen molar-refractivity contribution in [2.24, 2.45) is 23.7 Å². The average Bonchev–Trinajstić information content (AvgIpc) is 4.09. The van der Waals surface area contributed by atoms with E-state index in [9.17, 15) is 43.5 Å². The summed E-state index contributed by atoms with van der Waals surface area (Å²) in [6, 6.07) is -2.04. The number of rotatable bonds is 9. The average molecular weight is 893 g/mol. The number of aromatic hydroxyl groups is 1. The quantitative estimate of drug-likeness (QED) is 0.213. The van der Waals surface area contributed by atoms with Gasteiger partial charge in [-0.15, -0.1) is 0 Å². The van der Waals surface area contributed by atoms with E-state index in [4.69, 9.17) is 0 Å². The third-order valence-electron chi connectivity index (χ3n) is 14.1. The van der Waals surface area contributed by atoms with Gasteiger partial charge in [-0.25, -0.2) is 0 Å². The Kier molecular flexibility index (Phi) is 17.2. The lowest BCUT2D eigenvalue weighted by molar-refractivity contribution is -0.149. The molecule has 0 saturated carbocycles. The Balaban J connectivity index is 1.57. The van der Waals surface area contributed by atoms with Gasteiger partial charge in [0.1, 0.15) is 54.1 Å². The molecule has 5 rings (SSSR count). The zero-order valence-electron chi connectivity index (χ0n) is 39.0. The van der Waals surface area contributed by atoms with Gasteiger partial charge in [-0.2, -0.15) is 0 Å². The largest absolute Gasteiger partial charge is 0.508 e. The molecule has 0 radical (unpaired) electrons. The van der Waals surface area contributed by atoms with Gasteiger partial charge in [0, 0.05) is 26.1 Å². The van der Waals surface area contributed by atoms with Gasteiger partial charge in [0.2, 0.25) is 47.3 Å². The van der Waals surface area contributed by atoms with Crippen LogP contribution in [0.25, 0.3) is 0 Å². The van der Waals surface area contributed by atoms with Gasteiger partial charge >= 0.3 is 0 Å². The van der Waals surface area contributed by atoms with Gasteiger partial charge in [-0.1, -0.05) is 86.8 Å². The van der Waals surface area contributed by atoms with Crippen molar-refractivity contribution in [3.8, 4) is 5.75 Å². The number of benzene rings is 1. The summed E-state index contributed by atoms with van der Waals surface area (Å²) < 4.78 is 0. The number of amides is 8. The summed E-state index contributed by atoms with van der Waals surface area (Å²) in [7, 11) is 0. The Morgan fingerprint density at radius 3 is 1.39 bits per heavy atom. The Morgan fingerprint density at radius 2 is 0.891 bits per heavy atom. The zero-order valence-corrected chi connectivity index (χ0v) is 39.0. The molecule has 17 nitrogen and oxygen atoms in total. The molecule has 4 aliphatic rings. The number of carbonyl (C=O) groups excluding carboxylic acids is 8. The van der Waals surface area contributed by atoms with Crippen LogP contribution in [0.15, 0.2) is 24.3 Å². The van der Waals surface area contributed by atoms with Crippen LogP contribution in [0.4, 0.5) is 0 Å². The van der Waals surface area contributed by atoms with E-state index in [0.29, 0.717) is 63.4 Å². The molecule has 1 aromatic carbocycles. The predicted octanol–water partition coefficient (Wildman–Crippen LogP) is 2.14.